The summed E-state index contributed by atoms with van der Waals surface area (Å²) in [7, 11) is 0. The van der Waals surface area contributed by atoms with Crippen molar-refractivity contribution in [1.29, 1.82) is 0 Å². The SMILES string of the molecule is CC1CC(CN)CN1C(=O)c1c(Cl)cccc1Oc1ccccc1Cl.Cl. The van der Waals surface area contributed by atoms with E-state index in [1.807, 2.05) is 24.0 Å². The fraction of sp³-hybridized carbons (Fsp3) is 0.316. The van der Waals surface area contributed by atoms with Crippen LogP contribution in [0.4, 0.5) is 0 Å². The maximum absolute atomic E-state index is 13.1. The van der Waals surface area contributed by atoms with Gasteiger partial charge in [0.05, 0.1) is 10.0 Å². The molecule has 26 heavy (non-hydrogen) atoms. The van der Waals surface area contributed by atoms with Crippen LogP contribution in [0.15, 0.2) is 42.5 Å². The molecule has 7 heteroatoms. The molecule has 1 amide bonds. The van der Waals surface area contributed by atoms with Crippen molar-refractivity contribution >= 4 is 41.5 Å². The zero-order valence-electron chi connectivity index (χ0n) is 14.3. The normalized spacial score (nSPS) is 19.2. The van der Waals surface area contributed by atoms with Crippen molar-refractivity contribution in [1.82, 2.24) is 4.90 Å². The van der Waals surface area contributed by atoms with Crippen LogP contribution in [0.2, 0.25) is 10.0 Å². The number of hydrogen-bond donors (Lipinski definition) is 1. The highest BCUT2D eigenvalue weighted by atomic mass is 35.5. The van der Waals surface area contributed by atoms with Gasteiger partial charge < -0.3 is 15.4 Å². The third-order valence-electron chi connectivity index (χ3n) is 4.50. The molecular formula is C19H21Cl3N2O2. The number of ether oxygens (including phenoxy) is 1. The molecule has 0 spiro atoms. The molecule has 2 aromatic rings. The lowest BCUT2D eigenvalue weighted by molar-refractivity contribution is 0.0741. The number of nitrogens with two attached hydrogens (primary N) is 1. The second kappa shape index (κ2) is 8.96. The van der Waals surface area contributed by atoms with Crippen LogP contribution in [0.25, 0.3) is 0 Å². The number of carbonyl (C=O) groups is 1. The summed E-state index contributed by atoms with van der Waals surface area (Å²) in [4.78, 5) is 14.9. The van der Waals surface area contributed by atoms with E-state index in [1.165, 1.54) is 0 Å². The van der Waals surface area contributed by atoms with Crippen molar-refractivity contribution in [3.8, 4) is 11.5 Å². The van der Waals surface area contributed by atoms with E-state index in [2.05, 4.69) is 0 Å². The van der Waals surface area contributed by atoms with Crippen LogP contribution >= 0.6 is 35.6 Å². The first kappa shape index (κ1) is 20.8. The van der Waals surface area contributed by atoms with Gasteiger partial charge in [-0.3, -0.25) is 4.79 Å². The van der Waals surface area contributed by atoms with E-state index in [-0.39, 0.29) is 24.4 Å². The summed E-state index contributed by atoms with van der Waals surface area (Å²) in [6.07, 6.45) is 0.896. The van der Waals surface area contributed by atoms with E-state index >= 15 is 0 Å². The van der Waals surface area contributed by atoms with Crippen molar-refractivity contribution in [2.45, 2.75) is 19.4 Å². The van der Waals surface area contributed by atoms with E-state index in [1.54, 1.807) is 30.3 Å². The first-order valence-corrected chi connectivity index (χ1v) is 8.98. The molecule has 2 atom stereocenters. The highest BCUT2D eigenvalue weighted by molar-refractivity contribution is 6.34. The van der Waals surface area contributed by atoms with Gasteiger partial charge in [0.1, 0.15) is 17.1 Å². The predicted molar refractivity (Wildman–Crippen MR) is 108 cm³/mol. The van der Waals surface area contributed by atoms with Gasteiger partial charge in [-0.1, -0.05) is 41.4 Å². The Morgan fingerprint density at radius 1 is 1.15 bits per heavy atom. The van der Waals surface area contributed by atoms with E-state index in [0.717, 1.165) is 6.42 Å². The second-order valence-corrected chi connectivity index (χ2v) is 7.10. The second-order valence-electron chi connectivity index (χ2n) is 6.29. The van der Waals surface area contributed by atoms with Gasteiger partial charge in [-0.05, 0) is 50.1 Å². The van der Waals surface area contributed by atoms with Crippen LogP contribution < -0.4 is 10.5 Å². The number of halogens is 3. The molecular weight excluding hydrogens is 395 g/mol. The average molecular weight is 416 g/mol. The number of carbonyl (C=O) groups excluding carboxylic acids is 1. The number of rotatable bonds is 4. The van der Waals surface area contributed by atoms with Gasteiger partial charge in [0.15, 0.2) is 0 Å². The summed E-state index contributed by atoms with van der Waals surface area (Å²) in [5.74, 6) is 1.05. The summed E-state index contributed by atoms with van der Waals surface area (Å²) in [6, 6.07) is 12.4. The molecule has 2 N–H and O–H groups in total. The Morgan fingerprint density at radius 3 is 2.46 bits per heavy atom. The first-order chi connectivity index (χ1) is 12.0. The van der Waals surface area contributed by atoms with E-state index in [9.17, 15) is 4.79 Å². The van der Waals surface area contributed by atoms with Gasteiger partial charge in [-0.2, -0.15) is 0 Å². The Hall–Kier alpha value is -1.46. The molecule has 0 aliphatic carbocycles. The van der Waals surface area contributed by atoms with Gasteiger partial charge in [-0.25, -0.2) is 0 Å². The van der Waals surface area contributed by atoms with Gasteiger partial charge >= 0.3 is 0 Å². The predicted octanol–water partition coefficient (Wildman–Crippen LogP) is 5.02. The summed E-state index contributed by atoms with van der Waals surface area (Å²) >= 11 is 12.5. The molecule has 1 aliphatic rings. The minimum absolute atomic E-state index is 0. The van der Waals surface area contributed by atoms with Gasteiger partial charge in [0, 0.05) is 12.6 Å². The topological polar surface area (TPSA) is 55.6 Å². The van der Waals surface area contributed by atoms with Crippen molar-refractivity contribution < 1.29 is 9.53 Å². The highest BCUT2D eigenvalue weighted by Gasteiger charge is 2.34. The smallest absolute Gasteiger partial charge is 0.259 e. The van der Waals surface area contributed by atoms with Gasteiger partial charge in [0.2, 0.25) is 0 Å². The Kier molecular flexibility index (Phi) is 7.18. The first-order valence-electron chi connectivity index (χ1n) is 8.23. The quantitative estimate of drug-likeness (QED) is 0.763. The molecule has 140 valence electrons. The van der Waals surface area contributed by atoms with Crippen molar-refractivity contribution in [2.75, 3.05) is 13.1 Å². The lowest BCUT2D eigenvalue weighted by Gasteiger charge is -2.23. The van der Waals surface area contributed by atoms with Crippen LogP contribution in [-0.4, -0.2) is 29.9 Å². The van der Waals surface area contributed by atoms with Crippen LogP contribution in [0.5, 0.6) is 11.5 Å². The monoisotopic (exact) mass is 414 g/mol. The van der Waals surface area contributed by atoms with Gasteiger partial charge in [-0.15, -0.1) is 12.4 Å². The number of amides is 1. The lowest BCUT2D eigenvalue weighted by atomic mass is 10.1. The maximum Gasteiger partial charge on any atom is 0.259 e. The Labute approximate surface area is 169 Å². The molecule has 1 aliphatic heterocycles. The third kappa shape index (κ3) is 4.26. The fourth-order valence-corrected chi connectivity index (χ4v) is 3.60. The molecule has 2 aromatic carbocycles. The summed E-state index contributed by atoms with van der Waals surface area (Å²) < 4.78 is 5.90. The molecule has 1 fully saturated rings. The van der Waals surface area contributed by atoms with E-state index in [4.69, 9.17) is 33.7 Å². The minimum atomic E-state index is -0.142. The molecule has 1 saturated heterocycles. The van der Waals surface area contributed by atoms with Crippen LogP contribution in [0.3, 0.4) is 0 Å². The van der Waals surface area contributed by atoms with Crippen LogP contribution in [0.1, 0.15) is 23.7 Å². The average Bonchev–Trinajstić information content (AvgIpc) is 2.98. The maximum atomic E-state index is 13.1. The molecule has 3 rings (SSSR count). The Morgan fingerprint density at radius 2 is 1.81 bits per heavy atom. The summed E-state index contributed by atoms with van der Waals surface area (Å²) in [5.41, 5.74) is 6.13. The molecule has 0 aromatic heterocycles. The van der Waals surface area contributed by atoms with Crippen LogP contribution in [-0.2, 0) is 0 Å². The lowest BCUT2D eigenvalue weighted by Crippen LogP contribution is -2.34. The van der Waals surface area contributed by atoms with Crippen molar-refractivity contribution in [3.05, 3.63) is 58.1 Å². The fourth-order valence-electron chi connectivity index (χ4n) is 3.18. The minimum Gasteiger partial charge on any atom is -0.455 e. The number of benzene rings is 2. The van der Waals surface area contributed by atoms with Crippen molar-refractivity contribution in [2.24, 2.45) is 11.7 Å². The zero-order chi connectivity index (χ0) is 18.0. The zero-order valence-corrected chi connectivity index (χ0v) is 16.7. The number of nitrogens with zero attached hydrogens (tertiary/aromatic N) is 1. The molecule has 0 bridgehead atoms. The number of likely N-dealkylation sites (tertiary alicyclic amines) is 1. The molecule has 4 nitrogen and oxygen atoms in total. The standard InChI is InChI=1S/C19H20Cl2N2O2.ClH/c1-12-9-13(10-22)11-23(12)19(24)18-15(21)6-4-8-17(18)25-16-7-3-2-5-14(16)20;/h2-8,12-13H,9-11,22H2,1H3;1H. The summed E-state index contributed by atoms with van der Waals surface area (Å²) in [6.45, 7) is 3.23. The molecule has 0 radical (unpaired) electrons. The summed E-state index contributed by atoms with van der Waals surface area (Å²) in [5, 5.41) is 0.830. The molecule has 1 heterocycles. The highest BCUT2D eigenvalue weighted by Crippen LogP contribution is 2.36. The Bertz CT molecular complexity index is 785. The largest absolute Gasteiger partial charge is 0.455 e. The van der Waals surface area contributed by atoms with Crippen molar-refractivity contribution in [3.63, 3.8) is 0 Å². The van der Waals surface area contributed by atoms with Crippen LogP contribution in [0, 0.1) is 5.92 Å². The number of hydrogen-bond acceptors (Lipinski definition) is 3. The van der Waals surface area contributed by atoms with E-state index < -0.39 is 0 Å². The number of para-hydroxylation sites is 1. The Balaban J connectivity index is 0.00000243. The third-order valence-corrected chi connectivity index (χ3v) is 5.13. The van der Waals surface area contributed by atoms with E-state index in [0.29, 0.717) is 46.1 Å². The molecule has 2 unspecified atom stereocenters. The van der Waals surface area contributed by atoms with Gasteiger partial charge in [0.25, 0.3) is 5.91 Å². The molecule has 0 saturated carbocycles.